The number of aromatic nitrogens is 1. The fourth-order valence-corrected chi connectivity index (χ4v) is 3.28. The Balaban J connectivity index is 0.00000450. The molecule has 0 spiro atoms. The average molecular weight is 558 g/mol. The van der Waals surface area contributed by atoms with Crippen molar-refractivity contribution in [2.75, 3.05) is 27.3 Å². The van der Waals surface area contributed by atoms with Gasteiger partial charge in [0, 0.05) is 37.6 Å². The maximum Gasteiger partial charge on any atom is 0.422 e. The van der Waals surface area contributed by atoms with Crippen LogP contribution in [0.15, 0.2) is 29.4 Å². The molecule has 0 amide bonds. The van der Waals surface area contributed by atoms with Gasteiger partial charge in [-0.15, -0.1) is 35.3 Å². The van der Waals surface area contributed by atoms with Gasteiger partial charge in [-0.2, -0.15) is 13.2 Å². The van der Waals surface area contributed by atoms with Gasteiger partial charge < -0.3 is 20.1 Å². The first-order valence-corrected chi connectivity index (χ1v) is 9.90. The second-order valence-electron chi connectivity index (χ2n) is 6.07. The molecule has 0 fully saturated rings. The Hall–Kier alpha value is -1.76. The third-order valence-electron chi connectivity index (χ3n) is 3.88. The number of halogens is 4. The van der Waals surface area contributed by atoms with Crippen LogP contribution < -0.4 is 20.1 Å². The summed E-state index contributed by atoms with van der Waals surface area (Å²) in [4.78, 5) is 9.81. The van der Waals surface area contributed by atoms with Gasteiger partial charge >= 0.3 is 6.18 Å². The number of hydrogen-bond donors (Lipinski definition) is 2. The van der Waals surface area contributed by atoms with Crippen molar-refractivity contribution in [1.82, 2.24) is 15.6 Å². The van der Waals surface area contributed by atoms with Gasteiger partial charge in [-0.25, -0.2) is 4.98 Å². The number of thiazole rings is 1. The molecule has 0 aliphatic heterocycles. The van der Waals surface area contributed by atoms with Crippen molar-refractivity contribution in [3.05, 3.63) is 39.8 Å². The number of aliphatic imine (C=N–C) groups is 1. The molecule has 0 aliphatic rings. The summed E-state index contributed by atoms with van der Waals surface area (Å²) in [5.74, 6) is 0.909. The molecule has 1 heterocycles. The number of ether oxygens (including phenoxy) is 2. The van der Waals surface area contributed by atoms with Crippen LogP contribution in [0.4, 0.5) is 13.2 Å². The van der Waals surface area contributed by atoms with E-state index in [-0.39, 0.29) is 35.5 Å². The second kappa shape index (κ2) is 12.8. The summed E-state index contributed by atoms with van der Waals surface area (Å²) < 4.78 is 46.9. The number of nitrogens with zero attached hydrogens (tertiary/aromatic N) is 2. The first-order chi connectivity index (χ1) is 13.8. The molecule has 2 rings (SSSR count). The molecule has 30 heavy (non-hydrogen) atoms. The second-order valence-corrected chi connectivity index (χ2v) is 7.27. The van der Waals surface area contributed by atoms with Crippen LogP contribution in [-0.2, 0) is 19.4 Å². The lowest BCUT2D eigenvalue weighted by atomic mass is 10.2. The summed E-state index contributed by atoms with van der Waals surface area (Å²) in [6.07, 6.45) is -0.717. The van der Waals surface area contributed by atoms with E-state index in [1.165, 1.54) is 18.1 Å². The van der Waals surface area contributed by atoms with Gasteiger partial charge in [-0.05, 0) is 24.1 Å². The van der Waals surface area contributed by atoms with Crippen LogP contribution in [0.3, 0.4) is 0 Å². The van der Waals surface area contributed by atoms with Crippen LogP contribution in [0, 0.1) is 0 Å². The number of alkyl halides is 3. The maximum atomic E-state index is 12.3. The van der Waals surface area contributed by atoms with Gasteiger partial charge in [0.15, 0.2) is 24.1 Å². The van der Waals surface area contributed by atoms with Crippen molar-refractivity contribution in [3.8, 4) is 11.5 Å². The van der Waals surface area contributed by atoms with E-state index in [1.807, 2.05) is 6.20 Å². The Morgan fingerprint density at radius 3 is 2.60 bits per heavy atom. The summed E-state index contributed by atoms with van der Waals surface area (Å²) in [5.41, 5.74) is 0.816. The van der Waals surface area contributed by atoms with E-state index >= 15 is 0 Å². The highest BCUT2D eigenvalue weighted by Crippen LogP contribution is 2.29. The highest BCUT2D eigenvalue weighted by molar-refractivity contribution is 14.0. The standard InChI is InChI=1S/C19H25F3N4O2S.HI/c1-4-14-11-25-17(29-14)7-8-24-18(23-2)26-10-13-5-6-15(16(9-13)27-3)28-12-19(20,21)22;/h5-6,9,11H,4,7-8,10,12H2,1-3H3,(H2,23,24,26);1H. The van der Waals surface area contributed by atoms with Crippen LogP contribution >= 0.6 is 35.3 Å². The molecule has 2 N–H and O–H groups in total. The number of nitrogens with one attached hydrogen (secondary N) is 2. The van der Waals surface area contributed by atoms with Gasteiger partial charge in [0.25, 0.3) is 0 Å². The lowest BCUT2D eigenvalue weighted by Gasteiger charge is -2.15. The molecule has 0 radical (unpaired) electrons. The fraction of sp³-hybridized carbons (Fsp3) is 0.474. The van der Waals surface area contributed by atoms with Crippen molar-refractivity contribution in [2.45, 2.75) is 32.5 Å². The summed E-state index contributed by atoms with van der Waals surface area (Å²) in [7, 11) is 3.05. The average Bonchev–Trinajstić information content (AvgIpc) is 3.16. The summed E-state index contributed by atoms with van der Waals surface area (Å²) in [6.45, 7) is 1.85. The van der Waals surface area contributed by atoms with Crippen molar-refractivity contribution < 1.29 is 22.6 Å². The maximum absolute atomic E-state index is 12.3. The normalized spacial score (nSPS) is 11.6. The predicted octanol–water partition coefficient (Wildman–Crippen LogP) is 4.18. The fourth-order valence-electron chi connectivity index (χ4n) is 2.42. The lowest BCUT2D eigenvalue weighted by molar-refractivity contribution is -0.153. The first-order valence-electron chi connectivity index (χ1n) is 9.09. The van der Waals surface area contributed by atoms with E-state index in [1.54, 1.807) is 30.5 Å². The molecule has 0 unspecified atom stereocenters. The smallest absolute Gasteiger partial charge is 0.422 e. The molecule has 1 aromatic heterocycles. The molecule has 0 atom stereocenters. The van der Waals surface area contributed by atoms with Crippen molar-refractivity contribution in [3.63, 3.8) is 0 Å². The molecule has 0 bridgehead atoms. The molecule has 0 aliphatic carbocycles. The van der Waals surface area contributed by atoms with Gasteiger partial charge in [-0.3, -0.25) is 4.99 Å². The number of methoxy groups -OCH3 is 1. The molecule has 0 saturated heterocycles. The van der Waals surface area contributed by atoms with Gasteiger partial charge in [0.05, 0.1) is 12.1 Å². The first kappa shape index (κ1) is 26.3. The lowest BCUT2D eigenvalue weighted by Crippen LogP contribution is -2.37. The number of guanidine groups is 1. The zero-order chi connectivity index (χ0) is 21.3. The molecule has 0 saturated carbocycles. The summed E-state index contributed by atoms with van der Waals surface area (Å²) >= 11 is 1.71. The number of rotatable bonds is 9. The quantitative estimate of drug-likeness (QED) is 0.275. The van der Waals surface area contributed by atoms with Crippen molar-refractivity contribution >= 4 is 41.3 Å². The summed E-state index contributed by atoms with van der Waals surface area (Å²) in [6, 6.07) is 4.77. The Bertz CT molecular complexity index is 815. The molecular formula is C19H26F3IN4O2S. The third-order valence-corrected chi connectivity index (χ3v) is 5.09. The van der Waals surface area contributed by atoms with E-state index in [9.17, 15) is 13.2 Å². The van der Waals surface area contributed by atoms with E-state index < -0.39 is 12.8 Å². The number of hydrogen-bond acceptors (Lipinski definition) is 5. The molecule has 6 nitrogen and oxygen atoms in total. The molecule has 2 aromatic rings. The number of benzene rings is 1. The molecule has 11 heteroatoms. The Morgan fingerprint density at radius 1 is 1.23 bits per heavy atom. The van der Waals surface area contributed by atoms with Gasteiger partial charge in [-0.1, -0.05) is 13.0 Å². The Labute approximate surface area is 195 Å². The van der Waals surface area contributed by atoms with Crippen LogP contribution in [0.1, 0.15) is 22.4 Å². The third kappa shape index (κ3) is 8.94. The minimum atomic E-state index is -4.40. The Kier molecular flexibility index (Phi) is 11.2. The van der Waals surface area contributed by atoms with Crippen LogP contribution in [0.5, 0.6) is 11.5 Å². The van der Waals surface area contributed by atoms with Gasteiger partial charge in [0.2, 0.25) is 0 Å². The zero-order valence-corrected chi connectivity index (χ0v) is 20.2. The van der Waals surface area contributed by atoms with Crippen LogP contribution in [-0.4, -0.2) is 44.4 Å². The van der Waals surface area contributed by atoms with Crippen molar-refractivity contribution in [2.24, 2.45) is 4.99 Å². The highest BCUT2D eigenvalue weighted by Gasteiger charge is 2.29. The Morgan fingerprint density at radius 2 is 2.00 bits per heavy atom. The molecule has 1 aromatic carbocycles. The predicted molar refractivity (Wildman–Crippen MR) is 123 cm³/mol. The molecular weight excluding hydrogens is 532 g/mol. The summed E-state index contributed by atoms with van der Waals surface area (Å²) in [5, 5.41) is 7.45. The largest absolute Gasteiger partial charge is 0.493 e. The van der Waals surface area contributed by atoms with E-state index in [2.05, 4.69) is 27.5 Å². The van der Waals surface area contributed by atoms with Crippen molar-refractivity contribution in [1.29, 1.82) is 0 Å². The zero-order valence-electron chi connectivity index (χ0n) is 17.0. The van der Waals surface area contributed by atoms with E-state index in [0.717, 1.165) is 23.4 Å². The van der Waals surface area contributed by atoms with Crippen LogP contribution in [0.2, 0.25) is 0 Å². The monoisotopic (exact) mass is 558 g/mol. The van der Waals surface area contributed by atoms with Crippen LogP contribution in [0.25, 0.3) is 0 Å². The van der Waals surface area contributed by atoms with E-state index in [4.69, 9.17) is 9.47 Å². The highest BCUT2D eigenvalue weighted by atomic mass is 127. The number of aryl methyl sites for hydroxylation is 1. The SMILES string of the molecule is CCc1cnc(CCNC(=NC)NCc2ccc(OCC(F)(F)F)c(OC)c2)s1.I. The van der Waals surface area contributed by atoms with Gasteiger partial charge in [0.1, 0.15) is 0 Å². The minimum Gasteiger partial charge on any atom is -0.493 e. The topological polar surface area (TPSA) is 67.8 Å². The minimum absolute atomic E-state index is 0. The molecule has 168 valence electrons. The van der Waals surface area contributed by atoms with E-state index in [0.29, 0.717) is 19.0 Å².